The first kappa shape index (κ1) is 9.91. The molecule has 0 bridgehead atoms. The Bertz CT molecular complexity index is 388. The van der Waals surface area contributed by atoms with Crippen LogP contribution >= 0.6 is 0 Å². The molecule has 78 valence electrons. The average molecular weight is 202 g/mol. The second kappa shape index (κ2) is 3.85. The van der Waals surface area contributed by atoms with Crippen LogP contribution in [0.3, 0.4) is 0 Å². The molecule has 0 aliphatic heterocycles. The summed E-state index contributed by atoms with van der Waals surface area (Å²) in [5.74, 6) is 0.615. The molecule has 1 fully saturated rings. The monoisotopic (exact) mass is 202 g/mol. The van der Waals surface area contributed by atoms with Crippen LogP contribution in [-0.4, -0.2) is 15.7 Å². The van der Waals surface area contributed by atoms with Gasteiger partial charge in [0.25, 0.3) is 0 Å². The van der Waals surface area contributed by atoms with Crippen LogP contribution in [0.25, 0.3) is 0 Å². The zero-order chi connectivity index (χ0) is 10.7. The number of nitriles is 1. The Morgan fingerprint density at radius 1 is 1.47 bits per heavy atom. The van der Waals surface area contributed by atoms with Crippen LogP contribution in [0.15, 0.2) is 12.3 Å². The minimum Gasteiger partial charge on any atom is -0.362 e. The maximum absolute atomic E-state index is 8.92. The van der Waals surface area contributed by atoms with Gasteiger partial charge in [0, 0.05) is 5.54 Å². The molecule has 1 saturated carbocycles. The maximum Gasteiger partial charge on any atom is 0.167 e. The molecule has 15 heavy (non-hydrogen) atoms. The molecule has 0 saturated heterocycles. The number of nitrogens with one attached hydrogen (secondary N) is 1. The molecule has 4 heteroatoms. The van der Waals surface area contributed by atoms with E-state index in [9.17, 15) is 0 Å². The third kappa shape index (κ3) is 2.07. The molecular weight excluding hydrogens is 188 g/mol. The Kier molecular flexibility index (Phi) is 2.55. The van der Waals surface area contributed by atoms with Gasteiger partial charge in [0.05, 0.1) is 11.8 Å². The van der Waals surface area contributed by atoms with Crippen LogP contribution in [0, 0.1) is 11.3 Å². The van der Waals surface area contributed by atoms with Crippen LogP contribution < -0.4 is 5.32 Å². The predicted octanol–water partition coefficient (Wildman–Crippen LogP) is 2.09. The van der Waals surface area contributed by atoms with Crippen molar-refractivity contribution in [3.63, 3.8) is 0 Å². The van der Waals surface area contributed by atoms with E-state index in [1.807, 2.05) is 0 Å². The Labute approximate surface area is 89.3 Å². The van der Waals surface area contributed by atoms with Crippen LogP contribution in [0.5, 0.6) is 0 Å². The van der Waals surface area contributed by atoms with Crippen molar-refractivity contribution in [3.8, 4) is 6.07 Å². The fourth-order valence-corrected chi connectivity index (χ4v) is 2.08. The van der Waals surface area contributed by atoms with Crippen molar-refractivity contribution in [2.45, 2.75) is 38.1 Å². The first-order valence-corrected chi connectivity index (χ1v) is 5.23. The highest BCUT2D eigenvalue weighted by molar-refractivity contribution is 5.51. The fraction of sp³-hybridized carbons (Fsp3) is 0.545. The van der Waals surface area contributed by atoms with Gasteiger partial charge in [-0.05, 0) is 25.8 Å². The topological polar surface area (TPSA) is 61.6 Å². The summed E-state index contributed by atoms with van der Waals surface area (Å²) in [6, 6.07) is 3.81. The number of aromatic nitrogens is 2. The van der Waals surface area contributed by atoms with Gasteiger partial charge < -0.3 is 5.32 Å². The molecule has 1 aliphatic rings. The molecule has 1 aromatic rings. The Morgan fingerprint density at radius 3 is 2.87 bits per heavy atom. The van der Waals surface area contributed by atoms with Crippen molar-refractivity contribution < 1.29 is 0 Å². The standard InChI is InChI=1S/C11H14N4/c1-11(5-2-3-6-11)14-10-9(8-12)4-7-13-15-10/h4,7H,2-3,5-6H2,1H3,(H,14,15). The maximum atomic E-state index is 8.92. The lowest BCUT2D eigenvalue weighted by Crippen LogP contribution is -2.31. The second-order valence-electron chi connectivity index (χ2n) is 4.30. The summed E-state index contributed by atoms with van der Waals surface area (Å²) in [5.41, 5.74) is 0.653. The molecule has 0 radical (unpaired) electrons. The SMILES string of the molecule is CC1(Nc2nnccc2C#N)CCCC1. The van der Waals surface area contributed by atoms with Gasteiger partial charge in [-0.2, -0.15) is 10.4 Å². The van der Waals surface area contributed by atoms with Gasteiger partial charge in [-0.15, -0.1) is 5.10 Å². The molecule has 1 heterocycles. The summed E-state index contributed by atoms with van der Waals surface area (Å²) in [5, 5.41) is 20.0. The molecule has 0 atom stereocenters. The zero-order valence-electron chi connectivity index (χ0n) is 8.82. The molecular formula is C11H14N4. The Morgan fingerprint density at radius 2 is 2.20 bits per heavy atom. The molecule has 0 amide bonds. The van der Waals surface area contributed by atoms with Crippen molar-refractivity contribution >= 4 is 5.82 Å². The largest absolute Gasteiger partial charge is 0.362 e. The quantitative estimate of drug-likeness (QED) is 0.797. The predicted molar refractivity (Wildman–Crippen MR) is 57.2 cm³/mol. The van der Waals surface area contributed by atoms with Gasteiger partial charge in [-0.1, -0.05) is 12.8 Å². The van der Waals surface area contributed by atoms with E-state index >= 15 is 0 Å². The third-order valence-electron chi connectivity index (χ3n) is 2.97. The van der Waals surface area contributed by atoms with Gasteiger partial charge in [0.2, 0.25) is 0 Å². The highest BCUT2D eigenvalue weighted by Crippen LogP contribution is 2.32. The molecule has 4 nitrogen and oxygen atoms in total. The lowest BCUT2D eigenvalue weighted by Gasteiger charge is -2.25. The third-order valence-corrected chi connectivity index (χ3v) is 2.97. The van der Waals surface area contributed by atoms with E-state index in [-0.39, 0.29) is 5.54 Å². The van der Waals surface area contributed by atoms with Gasteiger partial charge >= 0.3 is 0 Å². The second-order valence-corrected chi connectivity index (χ2v) is 4.30. The summed E-state index contributed by atoms with van der Waals surface area (Å²) >= 11 is 0. The lowest BCUT2D eigenvalue weighted by atomic mass is 10.0. The molecule has 0 unspecified atom stereocenters. The van der Waals surface area contributed by atoms with Crippen molar-refractivity contribution in [1.29, 1.82) is 5.26 Å². The highest BCUT2D eigenvalue weighted by atomic mass is 15.2. The summed E-state index contributed by atoms with van der Waals surface area (Å²) in [7, 11) is 0. The van der Waals surface area contributed by atoms with E-state index < -0.39 is 0 Å². The van der Waals surface area contributed by atoms with E-state index in [1.54, 1.807) is 12.3 Å². The summed E-state index contributed by atoms with van der Waals surface area (Å²) in [6.45, 7) is 2.18. The summed E-state index contributed by atoms with van der Waals surface area (Å²) in [6.07, 6.45) is 6.29. The Balaban J connectivity index is 2.20. The lowest BCUT2D eigenvalue weighted by molar-refractivity contribution is 0.529. The minimum absolute atomic E-state index is 0.0850. The fourth-order valence-electron chi connectivity index (χ4n) is 2.08. The number of nitrogens with zero attached hydrogens (tertiary/aromatic N) is 3. The van der Waals surface area contributed by atoms with E-state index in [4.69, 9.17) is 5.26 Å². The van der Waals surface area contributed by atoms with Gasteiger partial charge in [0.15, 0.2) is 5.82 Å². The van der Waals surface area contributed by atoms with Crippen LogP contribution in [0.4, 0.5) is 5.82 Å². The number of rotatable bonds is 2. The van der Waals surface area contributed by atoms with E-state index in [0.717, 1.165) is 12.8 Å². The highest BCUT2D eigenvalue weighted by Gasteiger charge is 2.29. The van der Waals surface area contributed by atoms with Crippen molar-refractivity contribution in [2.24, 2.45) is 0 Å². The van der Waals surface area contributed by atoms with E-state index in [0.29, 0.717) is 11.4 Å². The van der Waals surface area contributed by atoms with Gasteiger partial charge in [-0.25, -0.2) is 0 Å². The van der Waals surface area contributed by atoms with Crippen molar-refractivity contribution in [3.05, 3.63) is 17.8 Å². The Hall–Kier alpha value is -1.63. The average Bonchev–Trinajstić information content (AvgIpc) is 2.66. The van der Waals surface area contributed by atoms with Gasteiger partial charge in [0.1, 0.15) is 6.07 Å². The van der Waals surface area contributed by atoms with Crippen LogP contribution in [0.2, 0.25) is 0 Å². The molecule has 0 spiro atoms. The van der Waals surface area contributed by atoms with Crippen molar-refractivity contribution in [2.75, 3.05) is 5.32 Å². The molecule has 2 rings (SSSR count). The summed E-state index contributed by atoms with van der Waals surface area (Å²) in [4.78, 5) is 0. The smallest absolute Gasteiger partial charge is 0.167 e. The van der Waals surface area contributed by atoms with Crippen LogP contribution in [0.1, 0.15) is 38.2 Å². The zero-order valence-corrected chi connectivity index (χ0v) is 8.82. The van der Waals surface area contributed by atoms with Gasteiger partial charge in [-0.3, -0.25) is 0 Å². The number of anilines is 1. The first-order valence-electron chi connectivity index (χ1n) is 5.23. The molecule has 1 aliphatic carbocycles. The van der Waals surface area contributed by atoms with Crippen molar-refractivity contribution in [1.82, 2.24) is 10.2 Å². The van der Waals surface area contributed by atoms with E-state index in [2.05, 4.69) is 28.5 Å². The molecule has 1 aromatic heterocycles. The number of hydrogen-bond acceptors (Lipinski definition) is 4. The summed E-state index contributed by atoms with van der Waals surface area (Å²) < 4.78 is 0. The van der Waals surface area contributed by atoms with Crippen LogP contribution in [-0.2, 0) is 0 Å². The molecule has 0 aromatic carbocycles. The first-order chi connectivity index (χ1) is 7.23. The number of hydrogen-bond donors (Lipinski definition) is 1. The normalized spacial score (nSPS) is 18.4. The minimum atomic E-state index is 0.0850. The molecule has 1 N–H and O–H groups in total. The van der Waals surface area contributed by atoms with E-state index in [1.165, 1.54) is 12.8 Å².